The van der Waals surface area contributed by atoms with Crippen LogP contribution in [0.5, 0.6) is 0 Å². The molecule has 23 heavy (non-hydrogen) atoms. The summed E-state index contributed by atoms with van der Waals surface area (Å²) in [6.45, 7) is 3.85. The second-order valence-corrected chi connectivity index (χ2v) is 7.10. The molecule has 3 heteroatoms. The highest BCUT2D eigenvalue weighted by Gasteiger charge is 2.21. The number of likely N-dealkylation sites (tertiary alicyclic amines) is 1. The van der Waals surface area contributed by atoms with Crippen LogP contribution in [0.3, 0.4) is 0 Å². The van der Waals surface area contributed by atoms with Crippen LogP contribution >= 0.6 is 11.3 Å². The average molecular weight is 325 g/mol. The molecule has 3 rings (SSSR count). The third-order valence-electron chi connectivity index (χ3n) is 4.26. The van der Waals surface area contributed by atoms with Gasteiger partial charge in [0, 0.05) is 18.0 Å². The van der Waals surface area contributed by atoms with E-state index >= 15 is 0 Å². The Morgan fingerprint density at radius 1 is 1.09 bits per heavy atom. The van der Waals surface area contributed by atoms with Gasteiger partial charge in [0.1, 0.15) is 0 Å². The Hall–Kier alpha value is -1.87. The van der Waals surface area contributed by atoms with Crippen molar-refractivity contribution in [2.75, 3.05) is 13.1 Å². The van der Waals surface area contributed by atoms with Gasteiger partial charge >= 0.3 is 0 Å². The van der Waals surface area contributed by atoms with Gasteiger partial charge in [0.2, 0.25) is 0 Å². The highest BCUT2D eigenvalue weighted by Crippen LogP contribution is 2.26. The van der Waals surface area contributed by atoms with E-state index < -0.39 is 0 Å². The van der Waals surface area contributed by atoms with Gasteiger partial charge in [-0.1, -0.05) is 48.7 Å². The lowest BCUT2D eigenvalue weighted by atomic mass is 10.1. The summed E-state index contributed by atoms with van der Waals surface area (Å²) in [6.07, 6.45) is 6.76. The highest BCUT2D eigenvalue weighted by molar-refractivity contribution is 7.11. The molecule has 0 N–H and O–H groups in total. The summed E-state index contributed by atoms with van der Waals surface area (Å²) in [7, 11) is 0. The van der Waals surface area contributed by atoms with Crippen molar-refractivity contribution < 1.29 is 4.79 Å². The number of rotatable bonds is 3. The van der Waals surface area contributed by atoms with Gasteiger partial charge in [0.05, 0.1) is 5.57 Å². The van der Waals surface area contributed by atoms with Crippen molar-refractivity contribution in [1.29, 1.82) is 0 Å². The Labute approximate surface area is 142 Å². The number of hydrogen-bond donors (Lipinski definition) is 0. The van der Waals surface area contributed by atoms with Crippen molar-refractivity contribution in [2.45, 2.75) is 32.6 Å². The minimum absolute atomic E-state index is 0.177. The van der Waals surface area contributed by atoms with E-state index in [9.17, 15) is 4.79 Å². The second kappa shape index (κ2) is 7.60. The number of nitrogens with zero attached hydrogens (tertiary/aromatic N) is 1. The Balaban J connectivity index is 1.94. The van der Waals surface area contributed by atoms with Crippen LogP contribution in [0.2, 0.25) is 0 Å². The van der Waals surface area contributed by atoms with Crippen LogP contribution in [-0.4, -0.2) is 23.9 Å². The third kappa shape index (κ3) is 4.11. The monoisotopic (exact) mass is 325 g/mol. The normalized spacial score (nSPS) is 16.2. The lowest BCUT2D eigenvalue weighted by Crippen LogP contribution is -2.32. The maximum Gasteiger partial charge on any atom is 0.255 e. The number of carbonyl (C=O) groups is 1. The number of carbonyl (C=O) groups excluding carboxylic acids is 1. The Bertz CT molecular complexity index is 679. The Morgan fingerprint density at radius 2 is 1.87 bits per heavy atom. The fourth-order valence-corrected chi connectivity index (χ4v) is 3.77. The van der Waals surface area contributed by atoms with Crippen LogP contribution in [-0.2, 0) is 4.79 Å². The molecule has 0 saturated carbocycles. The summed E-state index contributed by atoms with van der Waals surface area (Å²) >= 11 is 1.64. The minimum Gasteiger partial charge on any atom is -0.339 e. The molecule has 2 nitrogen and oxygen atoms in total. The van der Waals surface area contributed by atoms with E-state index in [-0.39, 0.29) is 5.91 Å². The van der Waals surface area contributed by atoms with Gasteiger partial charge in [-0.3, -0.25) is 4.79 Å². The lowest BCUT2D eigenvalue weighted by Gasteiger charge is -2.21. The van der Waals surface area contributed by atoms with Crippen molar-refractivity contribution in [1.82, 2.24) is 4.90 Å². The summed E-state index contributed by atoms with van der Waals surface area (Å²) in [5, 5.41) is 2.04. The number of benzene rings is 1. The van der Waals surface area contributed by atoms with Crippen LogP contribution in [0.15, 0.2) is 41.8 Å². The molecule has 1 aromatic heterocycles. The van der Waals surface area contributed by atoms with Crippen molar-refractivity contribution in [3.05, 3.63) is 57.8 Å². The lowest BCUT2D eigenvalue weighted by molar-refractivity contribution is -0.124. The Kier molecular flexibility index (Phi) is 5.29. The molecule has 1 fully saturated rings. The SMILES string of the molecule is Cc1cccc(/C=C(/C(=O)N2CCCCCC2)c2cccs2)c1. The minimum atomic E-state index is 0.177. The zero-order valence-electron chi connectivity index (χ0n) is 13.6. The maximum absolute atomic E-state index is 13.1. The van der Waals surface area contributed by atoms with Gasteiger partial charge in [0.15, 0.2) is 0 Å². The van der Waals surface area contributed by atoms with E-state index in [1.807, 2.05) is 34.6 Å². The summed E-state index contributed by atoms with van der Waals surface area (Å²) in [4.78, 5) is 16.2. The first-order valence-corrected chi connectivity index (χ1v) is 9.23. The number of thiophene rings is 1. The molecule has 0 aliphatic carbocycles. The molecule has 1 saturated heterocycles. The number of amides is 1. The van der Waals surface area contributed by atoms with Gasteiger partial charge in [0.25, 0.3) is 5.91 Å². The highest BCUT2D eigenvalue weighted by atomic mass is 32.1. The van der Waals surface area contributed by atoms with Gasteiger partial charge in [-0.05, 0) is 42.9 Å². The summed E-state index contributed by atoms with van der Waals surface area (Å²) in [5.41, 5.74) is 3.13. The van der Waals surface area contributed by atoms with E-state index in [0.29, 0.717) is 0 Å². The molecular formula is C20H23NOS. The third-order valence-corrected chi connectivity index (χ3v) is 5.17. The molecule has 0 bridgehead atoms. The van der Waals surface area contributed by atoms with Crippen molar-refractivity contribution in [3.8, 4) is 0 Å². The maximum atomic E-state index is 13.1. The molecule has 2 aromatic rings. The number of aryl methyl sites for hydroxylation is 1. The van der Waals surface area contributed by atoms with E-state index in [4.69, 9.17) is 0 Å². The smallest absolute Gasteiger partial charge is 0.255 e. The molecule has 1 aromatic carbocycles. The Morgan fingerprint density at radius 3 is 2.52 bits per heavy atom. The van der Waals surface area contributed by atoms with Gasteiger partial charge in [-0.15, -0.1) is 11.3 Å². The first-order chi connectivity index (χ1) is 11.2. The van der Waals surface area contributed by atoms with Crippen LogP contribution in [0.4, 0.5) is 0 Å². The summed E-state index contributed by atoms with van der Waals surface area (Å²) < 4.78 is 0. The second-order valence-electron chi connectivity index (χ2n) is 6.16. The van der Waals surface area contributed by atoms with Crippen molar-refractivity contribution in [3.63, 3.8) is 0 Å². The molecule has 0 radical (unpaired) electrons. The van der Waals surface area contributed by atoms with Crippen LogP contribution in [0.25, 0.3) is 11.6 Å². The van der Waals surface area contributed by atoms with Crippen molar-refractivity contribution in [2.24, 2.45) is 0 Å². The van der Waals surface area contributed by atoms with Crippen molar-refractivity contribution >= 4 is 28.9 Å². The molecule has 0 unspecified atom stereocenters. The first-order valence-electron chi connectivity index (χ1n) is 8.35. The zero-order valence-corrected chi connectivity index (χ0v) is 14.4. The average Bonchev–Trinajstić information content (AvgIpc) is 2.94. The molecule has 0 spiro atoms. The molecule has 1 aliphatic heterocycles. The molecule has 1 amide bonds. The van der Waals surface area contributed by atoms with E-state index in [1.165, 1.54) is 18.4 Å². The fourth-order valence-electron chi connectivity index (χ4n) is 3.04. The predicted octanol–water partition coefficient (Wildman–Crippen LogP) is 5.00. The van der Waals surface area contributed by atoms with E-state index in [0.717, 1.165) is 41.9 Å². The topological polar surface area (TPSA) is 20.3 Å². The molecular weight excluding hydrogens is 302 g/mol. The first kappa shape index (κ1) is 16.0. The van der Waals surface area contributed by atoms with Gasteiger partial charge in [-0.2, -0.15) is 0 Å². The van der Waals surface area contributed by atoms with E-state index in [1.54, 1.807) is 11.3 Å². The fraction of sp³-hybridized carbons (Fsp3) is 0.350. The molecule has 2 heterocycles. The number of hydrogen-bond acceptors (Lipinski definition) is 2. The zero-order chi connectivity index (χ0) is 16.1. The standard InChI is InChI=1S/C20H23NOS/c1-16-8-6-9-17(14-16)15-18(19-10-7-13-23-19)20(22)21-11-4-2-3-5-12-21/h6-10,13-15H,2-5,11-12H2,1H3/b18-15+. The predicted molar refractivity (Wildman–Crippen MR) is 98.4 cm³/mol. The van der Waals surface area contributed by atoms with Gasteiger partial charge in [-0.25, -0.2) is 0 Å². The van der Waals surface area contributed by atoms with E-state index in [2.05, 4.69) is 25.1 Å². The van der Waals surface area contributed by atoms with Crippen LogP contribution in [0.1, 0.15) is 41.7 Å². The molecule has 120 valence electrons. The summed E-state index contributed by atoms with van der Waals surface area (Å²) in [6, 6.07) is 12.4. The summed E-state index contributed by atoms with van der Waals surface area (Å²) in [5.74, 6) is 0.177. The molecule has 1 aliphatic rings. The quantitative estimate of drug-likeness (QED) is 0.727. The molecule has 0 atom stereocenters. The van der Waals surface area contributed by atoms with Crippen LogP contribution in [0, 0.1) is 6.92 Å². The largest absolute Gasteiger partial charge is 0.339 e. The van der Waals surface area contributed by atoms with Gasteiger partial charge < -0.3 is 4.90 Å². The van der Waals surface area contributed by atoms with Crippen LogP contribution < -0.4 is 0 Å².